The van der Waals surface area contributed by atoms with Crippen LogP contribution in [0.15, 0.2) is 36.0 Å². The van der Waals surface area contributed by atoms with Gasteiger partial charge in [0.2, 0.25) is 0 Å². The maximum Gasteiger partial charge on any atom is -0.0132 e. The lowest BCUT2D eigenvalue weighted by Gasteiger charge is -2.23. The van der Waals surface area contributed by atoms with Gasteiger partial charge >= 0.3 is 0 Å². The molecule has 0 aromatic rings. The van der Waals surface area contributed by atoms with E-state index in [1.165, 1.54) is 11.1 Å². The molecule has 0 nitrogen and oxygen atoms in total. The molecule has 0 atom stereocenters. The molecule has 0 bridgehead atoms. The first kappa shape index (κ1) is 12.2. The normalized spacial score (nSPS) is 13.8. The molecule has 0 saturated heterocycles. The Balaban J connectivity index is 4.62. The van der Waals surface area contributed by atoms with Crippen LogP contribution in [0.5, 0.6) is 0 Å². The van der Waals surface area contributed by atoms with Crippen LogP contribution in [-0.2, 0) is 0 Å². The Bertz CT molecular complexity index is 221. The second kappa shape index (κ2) is 5.06. The van der Waals surface area contributed by atoms with Crippen LogP contribution in [0.3, 0.4) is 0 Å². The zero-order valence-electron chi connectivity index (χ0n) is 9.65. The Morgan fingerprint density at radius 3 is 2.15 bits per heavy atom. The highest BCUT2D eigenvalue weighted by Crippen LogP contribution is 2.30. The van der Waals surface area contributed by atoms with E-state index in [9.17, 15) is 0 Å². The average Bonchev–Trinajstić information content (AvgIpc) is 1.94. The lowest BCUT2D eigenvalue weighted by atomic mass is 9.82. The van der Waals surface area contributed by atoms with E-state index < -0.39 is 0 Å². The summed E-state index contributed by atoms with van der Waals surface area (Å²) in [4.78, 5) is 0. The average molecular weight is 178 g/mol. The van der Waals surface area contributed by atoms with Gasteiger partial charge in [-0.05, 0) is 31.3 Å². The summed E-state index contributed by atoms with van der Waals surface area (Å²) in [5.41, 5.74) is 2.76. The first-order valence-corrected chi connectivity index (χ1v) is 4.87. The monoisotopic (exact) mass is 178 g/mol. The highest BCUT2D eigenvalue weighted by Gasteiger charge is 2.16. The molecule has 0 radical (unpaired) electrons. The van der Waals surface area contributed by atoms with Gasteiger partial charge in [-0.2, -0.15) is 0 Å². The molecule has 0 aliphatic heterocycles. The first-order valence-electron chi connectivity index (χ1n) is 4.87. The van der Waals surface area contributed by atoms with Crippen molar-refractivity contribution < 1.29 is 0 Å². The smallest absolute Gasteiger partial charge is 0.0132 e. The van der Waals surface area contributed by atoms with E-state index in [2.05, 4.69) is 52.5 Å². The summed E-state index contributed by atoms with van der Waals surface area (Å²) in [5.74, 6) is 0. The minimum absolute atomic E-state index is 0.216. The summed E-state index contributed by atoms with van der Waals surface area (Å²) in [5, 5.41) is 0. The van der Waals surface area contributed by atoms with Crippen molar-refractivity contribution in [3.05, 3.63) is 36.0 Å². The SMILES string of the molecule is C=C(C)/C(=C\C/C=C\C)C(C)(C)C. The fourth-order valence-corrected chi connectivity index (χ4v) is 1.44. The number of hydrogen-bond acceptors (Lipinski definition) is 0. The standard InChI is InChI=1S/C13H22/c1-7-8-9-10-12(11(2)3)13(4,5)6/h7-8,10H,2,9H2,1,3-6H3/b8-7-,12-10+. The van der Waals surface area contributed by atoms with Crippen LogP contribution in [-0.4, -0.2) is 0 Å². The van der Waals surface area contributed by atoms with Crippen molar-refractivity contribution in [1.29, 1.82) is 0 Å². The molecule has 0 amide bonds. The van der Waals surface area contributed by atoms with Gasteiger partial charge in [-0.25, -0.2) is 0 Å². The van der Waals surface area contributed by atoms with Gasteiger partial charge in [0, 0.05) is 0 Å². The summed E-state index contributed by atoms with van der Waals surface area (Å²) in [6.45, 7) is 14.8. The van der Waals surface area contributed by atoms with E-state index >= 15 is 0 Å². The molecule has 0 aromatic carbocycles. The quantitative estimate of drug-likeness (QED) is 0.441. The first-order chi connectivity index (χ1) is 5.89. The van der Waals surface area contributed by atoms with Gasteiger partial charge in [-0.15, -0.1) is 0 Å². The van der Waals surface area contributed by atoms with Gasteiger partial charge in [0.25, 0.3) is 0 Å². The Hall–Kier alpha value is -0.780. The molecule has 13 heavy (non-hydrogen) atoms. The topological polar surface area (TPSA) is 0 Å². The highest BCUT2D eigenvalue weighted by atomic mass is 14.2. The lowest BCUT2D eigenvalue weighted by molar-refractivity contribution is 0.509. The van der Waals surface area contributed by atoms with Crippen molar-refractivity contribution in [2.24, 2.45) is 5.41 Å². The predicted octanol–water partition coefficient (Wildman–Crippen LogP) is 4.50. The van der Waals surface area contributed by atoms with Gasteiger partial charge in [-0.1, -0.05) is 51.2 Å². The Morgan fingerprint density at radius 2 is 1.85 bits per heavy atom. The van der Waals surface area contributed by atoms with E-state index in [0.717, 1.165) is 6.42 Å². The second-order valence-corrected chi connectivity index (χ2v) is 4.45. The summed E-state index contributed by atoms with van der Waals surface area (Å²) in [6, 6.07) is 0. The molecule has 0 rings (SSSR count). The fourth-order valence-electron chi connectivity index (χ4n) is 1.44. The van der Waals surface area contributed by atoms with Crippen molar-refractivity contribution in [3.8, 4) is 0 Å². The van der Waals surface area contributed by atoms with Crippen LogP contribution in [0, 0.1) is 5.41 Å². The predicted molar refractivity (Wildman–Crippen MR) is 61.8 cm³/mol. The van der Waals surface area contributed by atoms with Crippen LogP contribution in [0.2, 0.25) is 0 Å². The molecular weight excluding hydrogens is 156 g/mol. The molecule has 0 unspecified atom stereocenters. The van der Waals surface area contributed by atoms with Gasteiger partial charge in [0.05, 0.1) is 0 Å². The summed E-state index contributed by atoms with van der Waals surface area (Å²) < 4.78 is 0. The maximum absolute atomic E-state index is 4.01. The zero-order valence-corrected chi connectivity index (χ0v) is 9.65. The zero-order chi connectivity index (χ0) is 10.5. The molecule has 0 spiro atoms. The van der Waals surface area contributed by atoms with E-state index in [4.69, 9.17) is 0 Å². The molecule has 0 heteroatoms. The summed E-state index contributed by atoms with van der Waals surface area (Å²) in [6.07, 6.45) is 7.52. The summed E-state index contributed by atoms with van der Waals surface area (Å²) >= 11 is 0. The molecule has 0 saturated carbocycles. The van der Waals surface area contributed by atoms with Gasteiger partial charge in [0.1, 0.15) is 0 Å². The number of allylic oxidation sites excluding steroid dienone is 5. The molecule has 0 aromatic heterocycles. The molecule has 0 aliphatic carbocycles. The molecule has 0 N–H and O–H groups in total. The van der Waals surface area contributed by atoms with E-state index in [1.807, 2.05) is 6.92 Å². The highest BCUT2D eigenvalue weighted by molar-refractivity contribution is 5.31. The van der Waals surface area contributed by atoms with Crippen molar-refractivity contribution in [1.82, 2.24) is 0 Å². The van der Waals surface area contributed by atoms with E-state index in [1.54, 1.807) is 0 Å². The lowest BCUT2D eigenvalue weighted by Crippen LogP contribution is -2.09. The van der Waals surface area contributed by atoms with E-state index in [0.29, 0.717) is 0 Å². The third kappa shape index (κ3) is 4.72. The third-order valence-electron chi connectivity index (χ3n) is 1.96. The minimum atomic E-state index is 0.216. The fraction of sp³-hybridized carbons (Fsp3) is 0.538. The molecule has 0 heterocycles. The van der Waals surface area contributed by atoms with Crippen molar-refractivity contribution in [2.75, 3.05) is 0 Å². The van der Waals surface area contributed by atoms with Gasteiger partial charge in [-0.3, -0.25) is 0 Å². The molecule has 0 aliphatic rings. The Morgan fingerprint density at radius 1 is 1.31 bits per heavy atom. The summed E-state index contributed by atoms with van der Waals surface area (Å²) in [7, 11) is 0. The molecular formula is C13H22. The second-order valence-electron chi connectivity index (χ2n) is 4.45. The maximum atomic E-state index is 4.01. The van der Waals surface area contributed by atoms with Crippen LogP contribution in [0.25, 0.3) is 0 Å². The minimum Gasteiger partial charge on any atom is -0.0958 e. The van der Waals surface area contributed by atoms with Crippen LogP contribution >= 0.6 is 0 Å². The third-order valence-corrected chi connectivity index (χ3v) is 1.96. The molecule has 0 fully saturated rings. The van der Waals surface area contributed by atoms with Gasteiger partial charge < -0.3 is 0 Å². The van der Waals surface area contributed by atoms with Crippen molar-refractivity contribution >= 4 is 0 Å². The van der Waals surface area contributed by atoms with Crippen molar-refractivity contribution in [3.63, 3.8) is 0 Å². The Labute approximate surface area is 83.0 Å². The largest absolute Gasteiger partial charge is 0.0958 e. The van der Waals surface area contributed by atoms with Gasteiger partial charge in [0.15, 0.2) is 0 Å². The van der Waals surface area contributed by atoms with Crippen LogP contribution in [0.1, 0.15) is 41.0 Å². The van der Waals surface area contributed by atoms with Crippen LogP contribution in [0.4, 0.5) is 0 Å². The van der Waals surface area contributed by atoms with Crippen molar-refractivity contribution in [2.45, 2.75) is 41.0 Å². The van der Waals surface area contributed by atoms with E-state index in [-0.39, 0.29) is 5.41 Å². The van der Waals surface area contributed by atoms with Crippen LogP contribution < -0.4 is 0 Å². The number of rotatable bonds is 3. The number of hydrogen-bond donors (Lipinski definition) is 0. The Kier molecular flexibility index (Phi) is 4.76. The molecule has 74 valence electrons.